The first-order valence-electron chi connectivity index (χ1n) is 8.38. The first-order valence-corrected chi connectivity index (χ1v) is 9.18. The summed E-state index contributed by atoms with van der Waals surface area (Å²) in [7, 11) is 0. The van der Waals surface area contributed by atoms with E-state index in [4.69, 9.17) is 0 Å². The molecule has 1 aromatic carbocycles. The normalized spacial score (nSPS) is 15.5. The fourth-order valence-corrected chi connectivity index (χ4v) is 3.29. The summed E-state index contributed by atoms with van der Waals surface area (Å²) < 4.78 is 0.946. The van der Waals surface area contributed by atoms with Gasteiger partial charge >= 0.3 is 0 Å². The van der Waals surface area contributed by atoms with E-state index in [1.165, 1.54) is 25.7 Å². The van der Waals surface area contributed by atoms with Crippen molar-refractivity contribution in [3.8, 4) is 0 Å². The van der Waals surface area contributed by atoms with E-state index in [9.17, 15) is 4.79 Å². The molecular formula is C18H21BrN4O. The number of aromatic nitrogens is 2. The SMILES string of the molecule is O=C(NC1CCCCCC1)c1ccc(Nc2ccccc2Br)nn1. The number of para-hydroxylation sites is 1. The van der Waals surface area contributed by atoms with Crippen molar-refractivity contribution in [1.29, 1.82) is 0 Å². The van der Waals surface area contributed by atoms with Crippen molar-refractivity contribution in [1.82, 2.24) is 15.5 Å². The molecule has 0 radical (unpaired) electrons. The Kier molecular flexibility index (Phi) is 5.80. The Labute approximate surface area is 150 Å². The van der Waals surface area contributed by atoms with E-state index in [-0.39, 0.29) is 11.9 Å². The number of hydrogen-bond acceptors (Lipinski definition) is 4. The van der Waals surface area contributed by atoms with Crippen LogP contribution in [0.15, 0.2) is 40.9 Å². The van der Waals surface area contributed by atoms with Crippen molar-refractivity contribution in [3.63, 3.8) is 0 Å². The maximum Gasteiger partial charge on any atom is 0.272 e. The van der Waals surface area contributed by atoms with Crippen molar-refractivity contribution in [3.05, 3.63) is 46.6 Å². The second-order valence-corrected chi connectivity index (χ2v) is 6.92. The van der Waals surface area contributed by atoms with Crippen LogP contribution in [-0.4, -0.2) is 22.1 Å². The number of hydrogen-bond donors (Lipinski definition) is 2. The Hall–Kier alpha value is -1.95. The topological polar surface area (TPSA) is 66.9 Å². The number of benzene rings is 1. The van der Waals surface area contributed by atoms with E-state index in [0.717, 1.165) is 23.0 Å². The summed E-state index contributed by atoms with van der Waals surface area (Å²) in [6.45, 7) is 0. The summed E-state index contributed by atoms with van der Waals surface area (Å²) in [5.74, 6) is 0.467. The maximum atomic E-state index is 12.3. The molecule has 0 spiro atoms. The lowest BCUT2D eigenvalue weighted by atomic mass is 10.1. The average Bonchev–Trinajstić information content (AvgIpc) is 2.86. The molecule has 24 heavy (non-hydrogen) atoms. The van der Waals surface area contributed by atoms with Gasteiger partial charge in [0.2, 0.25) is 0 Å². The molecule has 0 saturated heterocycles. The predicted octanol–water partition coefficient (Wildman–Crippen LogP) is 4.44. The van der Waals surface area contributed by atoms with Gasteiger partial charge < -0.3 is 10.6 Å². The highest BCUT2D eigenvalue weighted by Gasteiger charge is 2.16. The maximum absolute atomic E-state index is 12.3. The zero-order valence-electron chi connectivity index (χ0n) is 13.5. The third-order valence-electron chi connectivity index (χ3n) is 4.22. The van der Waals surface area contributed by atoms with Gasteiger partial charge in [-0.3, -0.25) is 4.79 Å². The molecule has 1 saturated carbocycles. The minimum absolute atomic E-state index is 0.137. The monoisotopic (exact) mass is 388 g/mol. The predicted molar refractivity (Wildman–Crippen MR) is 98.4 cm³/mol. The standard InChI is InChI=1S/C18H21BrN4O/c19-14-9-5-6-10-15(14)21-17-12-11-16(22-23-17)18(24)20-13-7-3-1-2-4-8-13/h5-6,9-13H,1-4,7-8H2,(H,20,24)(H,21,23). The molecule has 1 amide bonds. The highest BCUT2D eigenvalue weighted by atomic mass is 79.9. The molecule has 0 unspecified atom stereocenters. The quantitative estimate of drug-likeness (QED) is 0.759. The molecule has 126 valence electrons. The molecule has 1 aliphatic carbocycles. The largest absolute Gasteiger partial charge is 0.348 e. The molecule has 1 fully saturated rings. The highest BCUT2D eigenvalue weighted by Crippen LogP contribution is 2.24. The molecule has 0 bridgehead atoms. The number of nitrogens with zero attached hydrogens (tertiary/aromatic N) is 2. The number of carbonyl (C=O) groups is 1. The van der Waals surface area contributed by atoms with E-state index in [2.05, 4.69) is 36.8 Å². The van der Waals surface area contributed by atoms with Crippen LogP contribution in [0.4, 0.5) is 11.5 Å². The summed E-state index contributed by atoms with van der Waals surface area (Å²) in [5, 5.41) is 14.4. The van der Waals surface area contributed by atoms with Crippen LogP contribution in [0.5, 0.6) is 0 Å². The van der Waals surface area contributed by atoms with Crippen LogP contribution in [0.3, 0.4) is 0 Å². The van der Waals surface area contributed by atoms with E-state index in [1.807, 2.05) is 24.3 Å². The number of nitrogens with one attached hydrogen (secondary N) is 2. The average molecular weight is 389 g/mol. The van der Waals surface area contributed by atoms with E-state index >= 15 is 0 Å². The summed E-state index contributed by atoms with van der Waals surface area (Å²) in [5.41, 5.74) is 1.26. The summed E-state index contributed by atoms with van der Waals surface area (Å²) >= 11 is 3.48. The molecule has 1 heterocycles. The summed E-state index contributed by atoms with van der Waals surface area (Å²) in [6, 6.07) is 11.5. The highest BCUT2D eigenvalue weighted by molar-refractivity contribution is 9.10. The van der Waals surface area contributed by atoms with Crippen LogP contribution in [0.1, 0.15) is 49.0 Å². The Morgan fingerprint density at radius 3 is 2.42 bits per heavy atom. The van der Waals surface area contributed by atoms with Crippen LogP contribution in [0.2, 0.25) is 0 Å². The van der Waals surface area contributed by atoms with Gasteiger partial charge in [-0.15, -0.1) is 10.2 Å². The summed E-state index contributed by atoms with van der Waals surface area (Å²) in [6.07, 6.45) is 7.02. The first kappa shape index (κ1) is 16.9. The molecule has 0 atom stereocenters. The van der Waals surface area contributed by atoms with Gasteiger partial charge in [-0.1, -0.05) is 37.8 Å². The zero-order valence-corrected chi connectivity index (χ0v) is 15.1. The van der Waals surface area contributed by atoms with Gasteiger partial charge in [-0.2, -0.15) is 0 Å². The molecule has 1 aliphatic rings. The van der Waals surface area contributed by atoms with Gasteiger partial charge in [0.1, 0.15) is 0 Å². The van der Waals surface area contributed by atoms with Crippen LogP contribution >= 0.6 is 15.9 Å². The lowest BCUT2D eigenvalue weighted by Gasteiger charge is -2.15. The molecule has 2 aromatic rings. The fraction of sp³-hybridized carbons (Fsp3) is 0.389. The molecular weight excluding hydrogens is 368 g/mol. The molecule has 0 aliphatic heterocycles. The Bertz CT molecular complexity index is 682. The van der Waals surface area contributed by atoms with Crippen LogP contribution < -0.4 is 10.6 Å². The van der Waals surface area contributed by atoms with E-state index in [0.29, 0.717) is 11.5 Å². The lowest BCUT2D eigenvalue weighted by Crippen LogP contribution is -2.35. The van der Waals surface area contributed by atoms with Crippen molar-refractivity contribution >= 4 is 33.3 Å². The number of anilines is 2. The third-order valence-corrected chi connectivity index (χ3v) is 4.92. The Balaban J connectivity index is 1.61. The van der Waals surface area contributed by atoms with Crippen LogP contribution in [0, 0.1) is 0 Å². The zero-order chi connectivity index (χ0) is 16.8. The number of amides is 1. The lowest BCUT2D eigenvalue weighted by molar-refractivity contribution is 0.0927. The molecule has 3 rings (SSSR count). The Morgan fingerprint density at radius 1 is 1.00 bits per heavy atom. The van der Waals surface area contributed by atoms with Gasteiger partial charge in [0, 0.05) is 10.5 Å². The first-order chi connectivity index (χ1) is 11.7. The minimum Gasteiger partial charge on any atom is -0.348 e. The van der Waals surface area contributed by atoms with Crippen molar-refractivity contribution in [2.75, 3.05) is 5.32 Å². The molecule has 6 heteroatoms. The summed E-state index contributed by atoms with van der Waals surface area (Å²) in [4.78, 5) is 12.3. The molecule has 5 nitrogen and oxygen atoms in total. The van der Waals surface area contributed by atoms with Gasteiger partial charge in [0.25, 0.3) is 5.91 Å². The van der Waals surface area contributed by atoms with E-state index < -0.39 is 0 Å². The second kappa shape index (κ2) is 8.24. The Morgan fingerprint density at radius 2 is 1.75 bits per heavy atom. The number of halogens is 1. The second-order valence-electron chi connectivity index (χ2n) is 6.07. The smallest absolute Gasteiger partial charge is 0.272 e. The fourth-order valence-electron chi connectivity index (χ4n) is 2.90. The van der Waals surface area contributed by atoms with Crippen molar-refractivity contribution < 1.29 is 4.79 Å². The van der Waals surface area contributed by atoms with Crippen LogP contribution in [0.25, 0.3) is 0 Å². The number of carbonyl (C=O) groups excluding carboxylic acids is 1. The number of rotatable bonds is 4. The van der Waals surface area contributed by atoms with Crippen molar-refractivity contribution in [2.24, 2.45) is 0 Å². The molecule has 2 N–H and O–H groups in total. The van der Waals surface area contributed by atoms with Gasteiger partial charge in [0.15, 0.2) is 11.5 Å². The van der Waals surface area contributed by atoms with Gasteiger partial charge in [0.05, 0.1) is 5.69 Å². The minimum atomic E-state index is -0.137. The van der Waals surface area contributed by atoms with Gasteiger partial charge in [-0.05, 0) is 53.0 Å². The van der Waals surface area contributed by atoms with E-state index in [1.54, 1.807) is 12.1 Å². The van der Waals surface area contributed by atoms with Gasteiger partial charge in [-0.25, -0.2) is 0 Å². The van der Waals surface area contributed by atoms with Crippen molar-refractivity contribution in [2.45, 2.75) is 44.6 Å². The third kappa shape index (κ3) is 4.54. The van der Waals surface area contributed by atoms with Crippen LogP contribution in [-0.2, 0) is 0 Å². The molecule has 1 aromatic heterocycles.